The third-order valence-corrected chi connectivity index (χ3v) is 5.75. The quantitative estimate of drug-likeness (QED) is 0.540. The third kappa shape index (κ3) is 4.32. The molecule has 3 rings (SSSR count). The second-order valence-corrected chi connectivity index (χ2v) is 7.60. The van der Waals surface area contributed by atoms with Crippen molar-refractivity contribution in [1.82, 2.24) is 10.2 Å². The van der Waals surface area contributed by atoms with E-state index in [1.54, 1.807) is 6.07 Å². The van der Waals surface area contributed by atoms with Crippen molar-refractivity contribution in [2.24, 2.45) is 0 Å². The summed E-state index contributed by atoms with van der Waals surface area (Å²) in [5, 5.41) is 13.6. The molecule has 2 aliphatic heterocycles. The Balaban J connectivity index is 1.73. The molecule has 146 valence electrons. The summed E-state index contributed by atoms with van der Waals surface area (Å²) in [7, 11) is 2.03. The summed E-state index contributed by atoms with van der Waals surface area (Å²) in [6.45, 7) is 2.14. The lowest BCUT2D eigenvalue weighted by atomic mass is 9.97. The minimum atomic E-state index is -0.330. The predicted molar refractivity (Wildman–Crippen MR) is 106 cm³/mol. The topological polar surface area (TPSA) is 87.8 Å². The molecule has 6 nitrogen and oxygen atoms in total. The van der Waals surface area contributed by atoms with Gasteiger partial charge in [0.25, 0.3) is 5.91 Å². The van der Waals surface area contributed by atoms with E-state index in [0.29, 0.717) is 28.1 Å². The number of nitrogens with zero attached hydrogens (tertiary/aromatic N) is 1. The van der Waals surface area contributed by atoms with Gasteiger partial charge in [-0.3, -0.25) is 9.69 Å². The van der Waals surface area contributed by atoms with Crippen molar-refractivity contribution in [3.05, 3.63) is 22.7 Å². The monoisotopic (exact) mass is 391 g/mol. The van der Waals surface area contributed by atoms with Crippen LogP contribution in [0.15, 0.2) is 12.1 Å². The van der Waals surface area contributed by atoms with Crippen LogP contribution in [0.25, 0.3) is 0 Å². The molecule has 0 aliphatic carbocycles. The number of likely N-dealkylation sites (N-methyl/N-ethyl adjacent to an activating group) is 1. The summed E-state index contributed by atoms with van der Waals surface area (Å²) in [6, 6.07) is 3.48. The lowest BCUT2D eigenvalue weighted by molar-refractivity contribution is 0.0770. The summed E-state index contributed by atoms with van der Waals surface area (Å²) in [5.41, 5.74) is 6.57. The van der Waals surface area contributed by atoms with Crippen LogP contribution < -0.4 is 15.8 Å². The number of benzene rings is 1. The van der Waals surface area contributed by atoms with Crippen LogP contribution in [0.1, 0.15) is 43.0 Å². The average molecular weight is 392 g/mol. The zero-order valence-corrected chi connectivity index (χ0v) is 16.4. The first-order valence-corrected chi connectivity index (χ1v) is 9.66. The van der Waals surface area contributed by atoms with Gasteiger partial charge in [-0.25, -0.2) is 0 Å². The molecular formula is C20H26ClN3O3. The van der Waals surface area contributed by atoms with Gasteiger partial charge in [-0.05, 0) is 32.4 Å². The number of carbonyl (C=O) groups is 1. The molecule has 2 heterocycles. The van der Waals surface area contributed by atoms with Crippen LogP contribution >= 0.6 is 11.6 Å². The highest BCUT2D eigenvalue weighted by atomic mass is 35.5. The Hall–Kier alpha value is -1.94. The van der Waals surface area contributed by atoms with Gasteiger partial charge in [0.05, 0.1) is 22.4 Å². The van der Waals surface area contributed by atoms with E-state index in [2.05, 4.69) is 22.1 Å². The van der Waals surface area contributed by atoms with Crippen molar-refractivity contribution >= 4 is 23.2 Å². The Morgan fingerprint density at radius 1 is 1.41 bits per heavy atom. The third-order valence-electron chi connectivity index (χ3n) is 5.42. The molecule has 0 saturated carbocycles. The number of aliphatic hydroxyl groups is 1. The molecule has 2 aliphatic rings. The number of rotatable bonds is 4. The number of nitrogen functional groups attached to an aromatic ring is 1. The first kappa shape index (κ1) is 19.8. The molecular weight excluding hydrogens is 366 g/mol. The van der Waals surface area contributed by atoms with E-state index >= 15 is 0 Å². The lowest BCUT2D eigenvalue weighted by Gasteiger charge is -2.36. The second kappa shape index (κ2) is 8.39. The van der Waals surface area contributed by atoms with E-state index in [1.165, 1.54) is 6.07 Å². The summed E-state index contributed by atoms with van der Waals surface area (Å²) in [5.74, 6) is 5.93. The minimum Gasteiger partial charge on any atom is -0.480 e. The molecule has 7 heteroatoms. The summed E-state index contributed by atoms with van der Waals surface area (Å²) in [4.78, 5) is 15.1. The molecule has 4 N–H and O–H groups in total. The molecule has 1 aromatic rings. The van der Waals surface area contributed by atoms with Crippen molar-refractivity contribution in [2.75, 3.05) is 19.4 Å². The van der Waals surface area contributed by atoms with Crippen molar-refractivity contribution in [2.45, 2.75) is 56.8 Å². The highest BCUT2D eigenvalue weighted by Crippen LogP contribution is 2.35. The van der Waals surface area contributed by atoms with Crippen molar-refractivity contribution in [3.63, 3.8) is 0 Å². The van der Waals surface area contributed by atoms with Crippen molar-refractivity contribution < 1.29 is 14.6 Å². The number of anilines is 1. The number of fused-ring (bicyclic) bond motifs is 2. The number of nitrogens with two attached hydrogens (primary N) is 1. The number of amides is 1. The zero-order chi connectivity index (χ0) is 19.6. The molecule has 2 saturated heterocycles. The van der Waals surface area contributed by atoms with E-state index in [0.717, 1.165) is 25.7 Å². The smallest absolute Gasteiger partial charge is 0.255 e. The number of halogens is 1. The van der Waals surface area contributed by atoms with Crippen molar-refractivity contribution in [3.8, 4) is 17.6 Å². The number of piperidine rings is 1. The number of carbonyl (C=O) groups excluding carboxylic acids is 1. The SMILES string of the molecule is CCC#CCOc1cc(N)c(Cl)cc1C(=O)NC1CC2C[C@H](O)C(C1)N2C. The fourth-order valence-electron chi connectivity index (χ4n) is 3.98. The van der Waals surface area contributed by atoms with Gasteiger partial charge in [-0.1, -0.05) is 24.4 Å². The molecule has 4 atom stereocenters. The van der Waals surface area contributed by atoms with Crippen LogP contribution in [0.3, 0.4) is 0 Å². The van der Waals surface area contributed by atoms with E-state index in [9.17, 15) is 9.90 Å². The maximum absolute atomic E-state index is 12.9. The highest BCUT2D eigenvalue weighted by molar-refractivity contribution is 6.33. The van der Waals surface area contributed by atoms with Crippen LogP contribution in [0.4, 0.5) is 5.69 Å². The summed E-state index contributed by atoms with van der Waals surface area (Å²) >= 11 is 6.12. The Labute approximate surface area is 165 Å². The first-order valence-electron chi connectivity index (χ1n) is 9.29. The van der Waals surface area contributed by atoms with Gasteiger partial charge in [0.2, 0.25) is 0 Å². The maximum Gasteiger partial charge on any atom is 0.255 e. The molecule has 1 amide bonds. The Morgan fingerprint density at radius 3 is 2.89 bits per heavy atom. The van der Waals surface area contributed by atoms with Gasteiger partial charge in [-0.2, -0.15) is 0 Å². The largest absolute Gasteiger partial charge is 0.480 e. The zero-order valence-electron chi connectivity index (χ0n) is 15.7. The van der Waals surface area contributed by atoms with E-state index < -0.39 is 0 Å². The first-order chi connectivity index (χ1) is 12.9. The fraction of sp³-hybridized carbons (Fsp3) is 0.550. The number of hydrogen-bond donors (Lipinski definition) is 3. The Kier molecular flexibility index (Phi) is 6.15. The molecule has 0 radical (unpaired) electrons. The number of nitrogens with one attached hydrogen (secondary N) is 1. The summed E-state index contributed by atoms with van der Waals surface area (Å²) in [6.07, 6.45) is 2.70. The molecule has 0 aromatic heterocycles. The molecule has 2 bridgehead atoms. The lowest BCUT2D eigenvalue weighted by Crippen LogP contribution is -2.50. The standard InChI is InChI=1S/C20H26ClN3O3/c1-3-4-5-6-27-19-11-16(22)15(21)10-14(19)20(26)23-12-7-13-9-18(25)17(8-12)24(13)2/h10-13,17-18,25H,3,6-9,22H2,1-2H3,(H,23,26)/t12?,13?,17?,18-/m0/s1. The van der Waals surface area contributed by atoms with E-state index in [-0.39, 0.29) is 30.7 Å². The van der Waals surface area contributed by atoms with Crippen LogP contribution in [0, 0.1) is 11.8 Å². The number of ether oxygens (including phenoxy) is 1. The number of aliphatic hydroxyl groups excluding tert-OH is 1. The summed E-state index contributed by atoms with van der Waals surface area (Å²) < 4.78 is 5.65. The van der Waals surface area contributed by atoms with Gasteiger partial charge in [-0.15, -0.1) is 5.92 Å². The number of hydrogen-bond acceptors (Lipinski definition) is 5. The van der Waals surface area contributed by atoms with Gasteiger partial charge in [0.1, 0.15) is 12.4 Å². The molecule has 1 aromatic carbocycles. The Morgan fingerprint density at radius 2 is 2.19 bits per heavy atom. The molecule has 2 fully saturated rings. The second-order valence-electron chi connectivity index (χ2n) is 7.20. The highest BCUT2D eigenvalue weighted by Gasteiger charge is 2.44. The normalized spacial score (nSPS) is 27.0. The van der Waals surface area contributed by atoms with Crippen LogP contribution in [-0.2, 0) is 0 Å². The van der Waals surface area contributed by atoms with Crippen LogP contribution in [-0.4, -0.2) is 53.8 Å². The predicted octanol–water partition coefficient (Wildman–Crippen LogP) is 2.04. The van der Waals surface area contributed by atoms with E-state index in [4.69, 9.17) is 22.1 Å². The minimum absolute atomic E-state index is 0.00455. The molecule has 27 heavy (non-hydrogen) atoms. The van der Waals surface area contributed by atoms with Gasteiger partial charge < -0.3 is 20.9 Å². The fourth-order valence-corrected chi connectivity index (χ4v) is 4.15. The van der Waals surface area contributed by atoms with Crippen LogP contribution in [0.2, 0.25) is 5.02 Å². The van der Waals surface area contributed by atoms with Gasteiger partial charge in [0, 0.05) is 30.6 Å². The van der Waals surface area contributed by atoms with Gasteiger partial charge in [0.15, 0.2) is 0 Å². The van der Waals surface area contributed by atoms with Gasteiger partial charge >= 0.3 is 0 Å². The Bertz CT molecular complexity index is 774. The molecule has 3 unspecified atom stereocenters. The maximum atomic E-state index is 12.9. The van der Waals surface area contributed by atoms with E-state index in [1.807, 2.05) is 14.0 Å². The van der Waals surface area contributed by atoms with Crippen molar-refractivity contribution in [1.29, 1.82) is 0 Å². The molecule has 0 spiro atoms. The average Bonchev–Trinajstić information content (AvgIpc) is 2.79. The van der Waals surface area contributed by atoms with Crippen LogP contribution in [0.5, 0.6) is 5.75 Å².